The number of fused-ring (bicyclic) bond motifs is 2. The van der Waals surface area contributed by atoms with E-state index in [1.54, 1.807) is 0 Å². The van der Waals surface area contributed by atoms with E-state index in [4.69, 9.17) is 4.74 Å². The molecule has 0 aliphatic heterocycles. The highest BCUT2D eigenvalue weighted by Crippen LogP contribution is 2.55. The van der Waals surface area contributed by atoms with Gasteiger partial charge in [0.15, 0.2) is 0 Å². The number of carbonyl (C=O) groups excluding carboxylic acids is 2. The van der Waals surface area contributed by atoms with E-state index >= 15 is 0 Å². The van der Waals surface area contributed by atoms with Crippen LogP contribution in [0.5, 0.6) is 0 Å². The molecule has 72 valence electrons. The summed E-state index contributed by atoms with van der Waals surface area (Å²) in [7, 11) is 1.42. The molecule has 3 heteroatoms. The zero-order valence-corrected chi connectivity index (χ0v) is 8.00. The molecule has 3 nitrogen and oxygen atoms in total. The molecule has 2 bridgehead atoms. The fraction of sp³-hybridized carbons (Fsp3) is 0.800. The largest absolute Gasteiger partial charge is 0.469 e. The molecule has 2 saturated carbocycles. The third-order valence-electron chi connectivity index (χ3n) is 3.59. The summed E-state index contributed by atoms with van der Waals surface area (Å²) < 4.78 is 4.74. The van der Waals surface area contributed by atoms with E-state index in [0.717, 1.165) is 6.42 Å². The molecule has 0 aromatic carbocycles. The minimum Gasteiger partial charge on any atom is -0.469 e. The Morgan fingerprint density at radius 2 is 2.31 bits per heavy atom. The highest BCUT2D eigenvalue weighted by atomic mass is 16.5. The summed E-state index contributed by atoms with van der Waals surface area (Å²) in [6.45, 7) is 2.03. The van der Waals surface area contributed by atoms with Gasteiger partial charge in [-0.05, 0) is 18.3 Å². The molecule has 2 rings (SSSR count). The third kappa shape index (κ3) is 1.10. The second kappa shape index (κ2) is 2.56. The predicted octanol–water partition coefficient (Wildman–Crippen LogP) is 1.16. The summed E-state index contributed by atoms with van der Waals surface area (Å²) in [6.07, 6.45) is 2.16. The maximum Gasteiger partial charge on any atom is 0.309 e. The highest BCUT2D eigenvalue weighted by molar-refractivity contribution is 5.88. The standard InChI is InChI=1S/C10H14O3/c1-10-4-6(8(11)5-10)3-7(10)9(12)13-2/h6-7H,3-5H2,1-2H3/t6-,7+,10+/m1/s1. The van der Waals surface area contributed by atoms with Crippen molar-refractivity contribution in [3.63, 3.8) is 0 Å². The molecule has 0 saturated heterocycles. The van der Waals surface area contributed by atoms with E-state index in [-0.39, 0.29) is 23.2 Å². The van der Waals surface area contributed by atoms with E-state index in [1.165, 1.54) is 7.11 Å². The van der Waals surface area contributed by atoms with Crippen LogP contribution in [0.15, 0.2) is 0 Å². The summed E-state index contributed by atoms with van der Waals surface area (Å²) in [5, 5.41) is 0. The fourth-order valence-electron chi connectivity index (χ4n) is 2.86. The zero-order valence-electron chi connectivity index (χ0n) is 8.00. The molecule has 0 aromatic rings. The smallest absolute Gasteiger partial charge is 0.309 e. The summed E-state index contributed by atoms with van der Waals surface area (Å²) in [6, 6.07) is 0. The lowest BCUT2D eigenvalue weighted by Gasteiger charge is -2.28. The van der Waals surface area contributed by atoms with Crippen LogP contribution in [-0.2, 0) is 14.3 Å². The molecular formula is C10H14O3. The predicted molar refractivity (Wildman–Crippen MR) is 46.0 cm³/mol. The topological polar surface area (TPSA) is 43.4 Å². The molecule has 0 radical (unpaired) electrons. The van der Waals surface area contributed by atoms with Gasteiger partial charge in [0, 0.05) is 12.3 Å². The molecular weight excluding hydrogens is 168 g/mol. The first kappa shape index (κ1) is 8.73. The Hall–Kier alpha value is -0.860. The highest BCUT2D eigenvalue weighted by Gasteiger charge is 2.56. The first-order valence-corrected chi connectivity index (χ1v) is 4.67. The molecule has 2 aliphatic rings. The van der Waals surface area contributed by atoms with Crippen LogP contribution in [-0.4, -0.2) is 18.9 Å². The lowest BCUT2D eigenvalue weighted by Crippen LogP contribution is -2.32. The van der Waals surface area contributed by atoms with Gasteiger partial charge in [-0.1, -0.05) is 6.92 Å². The third-order valence-corrected chi connectivity index (χ3v) is 3.59. The Kier molecular flexibility index (Phi) is 1.72. The first-order valence-electron chi connectivity index (χ1n) is 4.67. The van der Waals surface area contributed by atoms with Gasteiger partial charge in [0.05, 0.1) is 13.0 Å². The molecule has 3 atom stereocenters. The van der Waals surface area contributed by atoms with Crippen LogP contribution in [0.3, 0.4) is 0 Å². The Morgan fingerprint density at radius 3 is 2.69 bits per heavy atom. The van der Waals surface area contributed by atoms with Crippen LogP contribution in [0.4, 0.5) is 0 Å². The molecule has 0 aromatic heterocycles. The van der Waals surface area contributed by atoms with Crippen LogP contribution in [0.2, 0.25) is 0 Å². The number of hydrogen-bond donors (Lipinski definition) is 0. The van der Waals surface area contributed by atoms with Crippen molar-refractivity contribution in [2.24, 2.45) is 17.3 Å². The lowest BCUT2D eigenvalue weighted by molar-refractivity contribution is -0.150. The van der Waals surface area contributed by atoms with E-state index in [2.05, 4.69) is 0 Å². The zero-order chi connectivity index (χ0) is 9.64. The van der Waals surface area contributed by atoms with Crippen molar-refractivity contribution in [1.82, 2.24) is 0 Å². The Labute approximate surface area is 77.4 Å². The summed E-state index contributed by atoms with van der Waals surface area (Å²) in [5.74, 6) is 0.287. The minimum atomic E-state index is -0.141. The lowest BCUT2D eigenvalue weighted by atomic mass is 9.76. The molecule has 13 heavy (non-hydrogen) atoms. The summed E-state index contributed by atoms with van der Waals surface area (Å²) >= 11 is 0. The minimum absolute atomic E-state index is 0.0415. The van der Waals surface area contributed by atoms with Gasteiger partial charge in [-0.25, -0.2) is 0 Å². The number of Topliss-reactive ketones (excluding diaryl/α,β-unsaturated/α-hetero) is 1. The van der Waals surface area contributed by atoms with Gasteiger partial charge in [-0.15, -0.1) is 0 Å². The van der Waals surface area contributed by atoms with Crippen LogP contribution in [0.25, 0.3) is 0 Å². The summed E-state index contributed by atoms with van der Waals surface area (Å²) in [5.41, 5.74) is -0.102. The number of hydrogen-bond acceptors (Lipinski definition) is 3. The fourth-order valence-corrected chi connectivity index (χ4v) is 2.86. The van der Waals surface area contributed by atoms with Gasteiger partial charge in [-0.3, -0.25) is 9.59 Å². The maximum atomic E-state index is 11.4. The van der Waals surface area contributed by atoms with Crippen LogP contribution < -0.4 is 0 Å². The van der Waals surface area contributed by atoms with Gasteiger partial charge in [0.25, 0.3) is 0 Å². The van der Waals surface area contributed by atoms with Crippen molar-refractivity contribution in [2.75, 3.05) is 7.11 Å². The summed E-state index contributed by atoms with van der Waals surface area (Å²) in [4.78, 5) is 22.7. The Bertz CT molecular complexity index is 271. The molecule has 0 spiro atoms. The number of rotatable bonds is 1. The number of methoxy groups -OCH3 is 1. The molecule has 0 N–H and O–H groups in total. The number of ether oxygens (including phenoxy) is 1. The van der Waals surface area contributed by atoms with Crippen molar-refractivity contribution in [2.45, 2.75) is 26.2 Å². The second-order valence-corrected chi connectivity index (χ2v) is 4.51. The van der Waals surface area contributed by atoms with Gasteiger partial charge in [-0.2, -0.15) is 0 Å². The van der Waals surface area contributed by atoms with Crippen LogP contribution in [0, 0.1) is 17.3 Å². The van der Waals surface area contributed by atoms with Crippen LogP contribution >= 0.6 is 0 Å². The van der Waals surface area contributed by atoms with Gasteiger partial charge in [0.2, 0.25) is 0 Å². The number of carbonyl (C=O) groups is 2. The Balaban J connectivity index is 2.20. The molecule has 0 unspecified atom stereocenters. The van der Waals surface area contributed by atoms with E-state index < -0.39 is 0 Å². The van der Waals surface area contributed by atoms with Crippen molar-refractivity contribution < 1.29 is 14.3 Å². The molecule has 2 fully saturated rings. The van der Waals surface area contributed by atoms with Gasteiger partial charge in [0.1, 0.15) is 5.78 Å². The number of ketones is 1. The average molecular weight is 182 g/mol. The number of esters is 1. The quantitative estimate of drug-likeness (QED) is 0.571. The molecule has 0 heterocycles. The van der Waals surface area contributed by atoms with Gasteiger partial charge < -0.3 is 4.74 Å². The average Bonchev–Trinajstić information content (AvgIpc) is 2.54. The monoisotopic (exact) mass is 182 g/mol. The molecule has 2 aliphatic carbocycles. The van der Waals surface area contributed by atoms with Gasteiger partial charge >= 0.3 is 5.97 Å². The van der Waals surface area contributed by atoms with Crippen LogP contribution in [0.1, 0.15) is 26.2 Å². The maximum absolute atomic E-state index is 11.4. The van der Waals surface area contributed by atoms with Crippen molar-refractivity contribution >= 4 is 11.8 Å². The van der Waals surface area contributed by atoms with Crippen molar-refractivity contribution in [1.29, 1.82) is 0 Å². The van der Waals surface area contributed by atoms with Crippen molar-refractivity contribution in [3.05, 3.63) is 0 Å². The SMILES string of the molecule is COC(=O)[C@@H]1C[C@@H]2C[C@@]1(C)CC2=O. The van der Waals surface area contributed by atoms with E-state index in [1.807, 2.05) is 6.92 Å². The molecule has 0 amide bonds. The van der Waals surface area contributed by atoms with E-state index in [9.17, 15) is 9.59 Å². The normalized spacial score (nSPS) is 42.5. The first-order chi connectivity index (χ1) is 6.07. The van der Waals surface area contributed by atoms with Crippen molar-refractivity contribution in [3.8, 4) is 0 Å². The van der Waals surface area contributed by atoms with E-state index in [0.29, 0.717) is 18.6 Å². The second-order valence-electron chi connectivity index (χ2n) is 4.51. The Morgan fingerprint density at radius 1 is 1.62 bits per heavy atom.